The van der Waals surface area contributed by atoms with E-state index in [9.17, 15) is 0 Å². The fourth-order valence-electron chi connectivity index (χ4n) is 2.25. The molecule has 0 saturated carbocycles. The van der Waals surface area contributed by atoms with Gasteiger partial charge in [-0.3, -0.25) is 0 Å². The van der Waals surface area contributed by atoms with E-state index >= 15 is 0 Å². The van der Waals surface area contributed by atoms with Crippen molar-refractivity contribution in [2.45, 2.75) is 46.0 Å². The van der Waals surface area contributed by atoms with Crippen molar-refractivity contribution >= 4 is 17.3 Å². The number of halogens is 1. The summed E-state index contributed by atoms with van der Waals surface area (Å²) in [5.74, 6) is 0. The van der Waals surface area contributed by atoms with E-state index in [2.05, 4.69) is 30.9 Å². The number of hydrogen-bond acceptors (Lipinski definition) is 2. The van der Waals surface area contributed by atoms with Gasteiger partial charge >= 0.3 is 0 Å². The van der Waals surface area contributed by atoms with Crippen LogP contribution in [0.2, 0.25) is 5.02 Å². The van der Waals surface area contributed by atoms with Crippen LogP contribution in [0.25, 0.3) is 0 Å². The van der Waals surface area contributed by atoms with Crippen molar-refractivity contribution in [3.63, 3.8) is 0 Å². The highest BCUT2D eigenvalue weighted by Gasteiger charge is 2.11. The lowest BCUT2D eigenvalue weighted by Crippen LogP contribution is -2.27. The van der Waals surface area contributed by atoms with E-state index in [-0.39, 0.29) is 0 Å². The molecule has 0 aliphatic carbocycles. The first-order chi connectivity index (χ1) is 9.22. The van der Waals surface area contributed by atoms with Crippen molar-refractivity contribution in [3.8, 4) is 0 Å². The highest BCUT2D eigenvalue weighted by Crippen LogP contribution is 2.26. The lowest BCUT2D eigenvalue weighted by molar-refractivity contribution is 0.675. The molecule has 0 aliphatic heterocycles. The molecule has 0 heterocycles. The molecule has 0 saturated heterocycles. The van der Waals surface area contributed by atoms with Crippen molar-refractivity contribution in [1.82, 2.24) is 0 Å². The summed E-state index contributed by atoms with van der Waals surface area (Å²) in [6, 6.07) is 6.18. The third-order valence-corrected chi connectivity index (χ3v) is 3.60. The van der Waals surface area contributed by atoms with Crippen LogP contribution in [0.4, 0.5) is 5.69 Å². The Labute approximate surface area is 122 Å². The van der Waals surface area contributed by atoms with Gasteiger partial charge in [-0.05, 0) is 43.5 Å². The van der Waals surface area contributed by atoms with E-state index in [1.165, 1.54) is 36.9 Å². The predicted molar refractivity (Wildman–Crippen MR) is 86.2 cm³/mol. The summed E-state index contributed by atoms with van der Waals surface area (Å²) >= 11 is 6.17. The molecule has 0 spiro atoms. The summed E-state index contributed by atoms with van der Waals surface area (Å²) in [7, 11) is 0. The maximum atomic E-state index is 6.17. The molecule has 1 aromatic rings. The monoisotopic (exact) mass is 282 g/mol. The van der Waals surface area contributed by atoms with E-state index in [1.807, 2.05) is 6.07 Å². The molecule has 1 aromatic carbocycles. The second kappa shape index (κ2) is 9.22. The SMILES string of the molecule is CCCCN(CCCC)c1cc(Cl)ccc1CCN. The van der Waals surface area contributed by atoms with Gasteiger partial charge in [0.05, 0.1) is 0 Å². The number of nitrogens with two attached hydrogens (primary N) is 1. The largest absolute Gasteiger partial charge is 0.371 e. The summed E-state index contributed by atoms with van der Waals surface area (Å²) in [6.07, 6.45) is 5.79. The van der Waals surface area contributed by atoms with Crippen LogP contribution < -0.4 is 10.6 Å². The number of unbranched alkanes of at least 4 members (excludes halogenated alkanes) is 2. The third-order valence-electron chi connectivity index (χ3n) is 3.36. The molecular formula is C16H27ClN2. The normalized spacial score (nSPS) is 10.7. The Balaban J connectivity index is 2.93. The van der Waals surface area contributed by atoms with Crippen LogP contribution in [0.1, 0.15) is 45.1 Å². The Morgan fingerprint density at radius 1 is 1.11 bits per heavy atom. The van der Waals surface area contributed by atoms with Crippen LogP contribution in [-0.4, -0.2) is 19.6 Å². The molecule has 2 nitrogen and oxygen atoms in total. The van der Waals surface area contributed by atoms with Gasteiger partial charge in [0.25, 0.3) is 0 Å². The molecule has 2 N–H and O–H groups in total. The van der Waals surface area contributed by atoms with Crippen LogP contribution in [0.5, 0.6) is 0 Å². The maximum absolute atomic E-state index is 6.17. The number of benzene rings is 1. The zero-order valence-corrected chi connectivity index (χ0v) is 13.0. The van der Waals surface area contributed by atoms with Crippen LogP contribution in [0.15, 0.2) is 18.2 Å². The first-order valence-corrected chi connectivity index (χ1v) is 7.84. The lowest BCUT2D eigenvalue weighted by atomic mass is 10.1. The smallest absolute Gasteiger partial charge is 0.0426 e. The molecule has 0 unspecified atom stereocenters. The van der Waals surface area contributed by atoms with Crippen LogP contribution in [-0.2, 0) is 6.42 Å². The summed E-state index contributed by atoms with van der Waals surface area (Å²) in [5, 5.41) is 0.814. The molecule has 0 radical (unpaired) electrons. The van der Waals surface area contributed by atoms with Gasteiger partial charge in [-0.25, -0.2) is 0 Å². The van der Waals surface area contributed by atoms with Gasteiger partial charge in [0, 0.05) is 23.8 Å². The van der Waals surface area contributed by atoms with Crippen molar-refractivity contribution in [2.24, 2.45) is 5.73 Å². The molecule has 0 aliphatic rings. The van der Waals surface area contributed by atoms with Crippen LogP contribution >= 0.6 is 11.6 Å². The van der Waals surface area contributed by atoms with Gasteiger partial charge < -0.3 is 10.6 Å². The zero-order valence-electron chi connectivity index (χ0n) is 12.3. The molecule has 19 heavy (non-hydrogen) atoms. The predicted octanol–water partition coefficient (Wildman–Crippen LogP) is 4.25. The van der Waals surface area contributed by atoms with E-state index in [1.54, 1.807) is 0 Å². The average molecular weight is 283 g/mol. The Morgan fingerprint density at radius 2 is 1.74 bits per heavy atom. The fraction of sp³-hybridized carbons (Fsp3) is 0.625. The Hall–Kier alpha value is -0.730. The summed E-state index contributed by atoms with van der Waals surface area (Å²) in [6.45, 7) is 7.36. The summed E-state index contributed by atoms with van der Waals surface area (Å²) in [5.41, 5.74) is 8.31. The van der Waals surface area contributed by atoms with E-state index in [0.29, 0.717) is 6.54 Å². The van der Waals surface area contributed by atoms with E-state index in [4.69, 9.17) is 17.3 Å². The second-order valence-electron chi connectivity index (χ2n) is 5.01. The van der Waals surface area contributed by atoms with Gasteiger partial charge in [0.15, 0.2) is 0 Å². The van der Waals surface area contributed by atoms with Crippen LogP contribution in [0, 0.1) is 0 Å². The molecule has 0 amide bonds. The highest BCUT2D eigenvalue weighted by atomic mass is 35.5. The van der Waals surface area contributed by atoms with Crippen molar-refractivity contribution < 1.29 is 0 Å². The van der Waals surface area contributed by atoms with Gasteiger partial charge in [-0.1, -0.05) is 44.4 Å². The van der Waals surface area contributed by atoms with Crippen molar-refractivity contribution in [3.05, 3.63) is 28.8 Å². The number of hydrogen-bond donors (Lipinski definition) is 1. The first-order valence-electron chi connectivity index (χ1n) is 7.46. The quantitative estimate of drug-likeness (QED) is 0.734. The first kappa shape index (κ1) is 16.3. The average Bonchev–Trinajstić information content (AvgIpc) is 2.41. The number of nitrogens with zero attached hydrogens (tertiary/aromatic N) is 1. The van der Waals surface area contributed by atoms with Gasteiger partial charge in [0.1, 0.15) is 0 Å². The molecule has 0 atom stereocenters. The van der Waals surface area contributed by atoms with Crippen molar-refractivity contribution in [1.29, 1.82) is 0 Å². The molecular weight excluding hydrogens is 256 g/mol. The molecule has 0 bridgehead atoms. The number of anilines is 1. The maximum Gasteiger partial charge on any atom is 0.0426 e. The van der Waals surface area contributed by atoms with Gasteiger partial charge in [-0.15, -0.1) is 0 Å². The Morgan fingerprint density at radius 3 is 2.26 bits per heavy atom. The second-order valence-corrected chi connectivity index (χ2v) is 5.44. The minimum Gasteiger partial charge on any atom is -0.371 e. The highest BCUT2D eigenvalue weighted by molar-refractivity contribution is 6.30. The zero-order chi connectivity index (χ0) is 14.1. The fourth-order valence-corrected chi connectivity index (χ4v) is 2.42. The molecule has 1 rings (SSSR count). The standard InChI is InChI=1S/C16H27ClN2/c1-3-5-11-19(12-6-4-2)16-13-15(17)8-7-14(16)9-10-18/h7-8,13H,3-6,9-12,18H2,1-2H3. The lowest BCUT2D eigenvalue weighted by Gasteiger charge is -2.27. The molecule has 0 aromatic heterocycles. The number of rotatable bonds is 9. The van der Waals surface area contributed by atoms with Gasteiger partial charge in [0.2, 0.25) is 0 Å². The summed E-state index contributed by atoms with van der Waals surface area (Å²) < 4.78 is 0. The Bertz CT molecular complexity index is 358. The van der Waals surface area contributed by atoms with Gasteiger partial charge in [-0.2, -0.15) is 0 Å². The van der Waals surface area contributed by atoms with Crippen molar-refractivity contribution in [2.75, 3.05) is 24.5 Å². The molecule has 0 fully saturated rings. The third kappa shape index (κ3) is 5.42. The minimum absolute atomic E-state index is 0.685. The van der Waals surface area contributed by atoms with Crippen LogP contribution in [0.3, 0.4) is 0 Å². The topological polar surface area (TPSA) is 29.3 Å². The molecule has 3 heteroatoms. The minimum atomic E-state index is 0.685. The molecule has 108 valence electrons. The van der Waals surface area contributed by atoms with E-state index < -0.39 is 0 Å². The Kier molecular flexibility index (Phi) is 7.92. The summed E-state index contributed by atoms with van der Waals surface area (Å²) in [4.78, 5) is 2.48. The van der Waals surface area contributed by atoms with E-state index in [0.717, 1.165) is 24.5 Å².